The maximum absolute atomic E-state index is 14.8. The molecule has 0 saturated carbocycles. The zero-order valence-electron chi connectivity index (χ0n) is 17.6. The minimum absolute atomic E-state index is 0.0279. The summed E-state index contributed by atoms with van der Waals surface area (Å²) >= 11 is 0. The number of nitrogens with one attached hydrogen (secondary N) is 3. The number of anilines is 1. The molecule has 2 saturated heterocycles. The fourth-order valence-corrected chi connectivity index (χ4v) is 6.37. The van der Waals surface area contributed by atoms with E-state index in [-0.39, 0.29) is 42.4 Å². The lowest BCUT2D eigenvalue weighted by Crippen LogP contribution is -2.66. The van der Waals surface area contributed by atoms with Gasteiger partial charge in [-0.05, 0) is 43.7 Å². The van der Waals surface area contributed by atoms with Crippen LogP contribution in [0.15, 0.2) is 36.5 Å². The summed E-state index contributed by atoms with van der Waals surface area (Å²) < 4.78 is 50.0. The summed E-state index contributed by atoms with van der Waals surface area (Å²) in [5.74, 6) is -1.30. The van der Waals surface area contributed by atoms with Crippen LogP contribution in [0.2, 0.25) is 0 Å². The van der Waals surface area contributed by atoms with Crippen LogP contribution in [0.3, 0.4) is 0 Å². The third kappa shape index (κ3) is 3.61. The molecule has 2 aliphatic rings. The number of nitrogens with zero attached hydrogens (tertiary/aromatic N) is 1. The zero-order valence-corrected chi connectivity index (χ0v) is 18.4. The van der Waals surface area contributed by atoms with E-state index in [0.717, 1.165) is 6.07 Å². The van der Waals surface area contributed by atoms with Gasteiger partial charge in [0, 0.05) is 17.9 Å². The first-order valence-corrected chi connectivity index (χ1v) is 11.5. The smallest absolute Gasteiger partial charge is 0.274 e. The molecule has 2 aliphatic heterocycles. The van der Waals surface area contributed by atoms with Crippen LogP contribution < -0.4 is 15.4 Å². The number of carbonyl (C=O) groups excluding carboxylic acids is 1. The Bertz CT molecular complexity index is 1180. The molecular formula is C21H23FN4O5S. The van der Waals surface area contributed by atoms with Gasteiger partial charge in [0.1, 0.15) is 23.1 Å². The molecule has 1 amide bonds. The Balaban J connectivity index is 1.62. The van der Waals surface area contributed by atoms with Gasteiger partial charge in [0.05, 0.1) is 31.2 Å². The average molecular weight is 463 g/mol. The van der Waals surface area contributed by atoms with Gasteiger partial charge in [-0.25, -0.2) is 17.8 Å². The first-order chi connectivity index (χ1) is 15.1. The SMILES string of the molecule is COc1ccc(C(=O)Nc2ccc(F)c([C@]3(C)CS(=O)(=O)[C@@]4(CCOC4)C(=N)N3)c2)nc1. The lowest BCUT2D eigenvalue weighted by Gasteiger charge is -2.44. The number of aromatic nitrogens is 1. The number of pyridine rings is 1. The second-order valence-corrected chi connectivity index (χ2v) is 10.4. The largest absolute Gasteiger partial charge is 0.495 e. The number of carbonyl (C=O) groups is 1. The topological polar surface area (TPSA) is 130 Å². The quantitative estimate of drug-likeness (QED) is 0.632. The molecule has 32 heavy (non-hydrogen) atoms. The van der Waals surface area contributed by atoms with Gasteiger partial charge in [0.25, 0.3) is 5.91 Å². The number of amides is 1. The van der Waals surface area contributed by atoms with Crippen molar-refractivity contribution in [2.24, 2.45) is 0 Å². The summed E-state index contributed by atoms with van der Waals surface area (Å²) in [4.78, 5) is 16.5. The van der Waals surface area contributed by atoms with Gasteiger partial charge in [0.15, 0.2) is 14.6 Å². The average Bonchev–Trinajstić information content (AvgIpc) is 3.26. The number of halogens is 1. The molecule has 0 aliphatic carbocycles. The van der Waals surface area contributed by atoms with Crippen LogP contribution in [0.4, 0.5) is 10.1 Å². The highest BCUT2D eigenvalue weighted by Crippen LogP contribution is 2.40. The number of rotatable bonds is 4. The molecule has 4 rings (SSSR count). The molecule has 2 aromatic rings. The van der Waals surface area contributed by atoms with Crippen LogP contribution in [0.5, 0.6) is 5.75 Å². The molecule has 1 aromatic carbocycles. The molecular weight excluding hydrogens is 439 g/mol. The maximum atomic E-state index is 14.8. The van der Waals surface area contributed by atoms with Crippen molar-refractivity contribution in [1.82, 2.24) is 10.3 Å². The van der Waals surface area contributed by atoms with Crippen molar-refractivity contribution in [3.8, 4) is 5.75 Å². The molecule has 2 atom stereocenters. The molecule has 11 heteroatoms. The van der Waals surface area contributed by atoms with Gasteiger partial charge in [-0.3, -0.25) is 10.2 Å². The Hall–Kier alpha value is -3.05. The van der Waals surface area contributed by atoms with Crippen LogP contribution >= 0.6 is 0 Å². The fourth-order valence-electron chi connectivity index (χ4n) is 4.09. The van der Waals surface area contributed by atoms with Crippen molar-refractivity contribution in [2.45, 2.75) is 23.6 Å². The Morgan fingerprint density at radius 2 is 2.12 bits per heavy atom. The first kappa shape index (κ1) is 22.2. The molecule has 0 radical (unpaired) electrons. The Labute approximate surface area is 184 Å². The highest BCUT2D eigenvalue weighted by Gasteiger charge is 2.58. The normalized spacial score (nSPS) is 26.5. The Kier molecular flexibility index (Phi) is 5.41. The van der Waals surface area contributed by atoms with E-state index in [1.165, 1.54) is 38.4 Å². The van der Waals surface area contributed by atoms with Gasteiger partial charge in [-0.1, -0.05) is 0 Å². The molecule has 2 fully saturated rings. The highest BCUT2D eigenvalue weighted by molar-refractivity contribution is 7.93. The predicted octanol–water partition coefficient (Wildman–Crippen LogP) is 1.85. The minimum Gasteiger partial charge on any atom is -0.495 e. The van der Waals surface area contributed by atoms with Crippen LogP contribution in [-0.2, 0) is 20.1 Å². The van der Waals surface area contributed by atoms with Crippen LogP contribution in [0, 0.1) is 11.2 Å². The second kappa shape index (κ2) is 7.82. The molecule has 0 unspecified atom stereocenters. The monoisotopic (exact) mass is 462 g/mol. The van der Waals surface area contributed by atoms with E-state index < -0.39 is 37.6 Å². The van der Waals surface area contributed by atoms with Crippen LogP contribution in [-0.4, -0.2) is 56.0 Å². The maximum Gasteiger partial charge on any atom is 0.274 e. The van der Waals surface area contributed by atoms with Gasteiger partial charge >= 0.3 is 0 Å². The van der Waals surface area contributed by atoms with Gasteiger partial charge < -0.3 is 20.1 Å². The summed E-state index contributed by atoms with van der Waals surface area (Å²) in [7, 11) is -2.33. The zero-order chi connectivity index (χ0) is 23.1. The van der Waals surface area contributed by atoms with Crippen LogP contribution in [0.1, 0.15) is 29.4 Å². The summed E-state index contributed by atoms with van der Waals surface area (Å²) in [5, 5.41) is 13.9. The van der Waals surface area contributed by atoms with Crippen LogP contribution in [0.25, 0.3) is 0 Å². The van der Waals surface area contributed by atoms with E-state index >= 15 is 0 Å². The highest BCUT2D eigenvalue weighted by atomic mass is 32.2. The van der Waals surface area contributed by atoms with Crippen molar-refractivity contribution in [2.75, 3.05) is 31.4 Å². The molecule has 1 spiro atoms. The Morgan fingerprint density at radius 3 is 2.72 bits per heavy atom. The number of sulfone groups is 1. The minimum atomic E-state index is -3.82. The summed E-state index contributed by atoms with van der Waals surface area (Å²) in [5.41, 5.74) is -0.973. The van der Waals surface area contributed by atoms with Gasteiger partial charge in [-0.15, -0.1) is 0 Å². The second-order valence-electron chi connectivity index (χ2n) is 8.12. The van der Waals surface area contributed by atoms with E-state index in [1.54, 1.807) is 6.07 Å². The van der Waals surface area contributed by atoms with Crippen molar-refractivity contribution >= 4 is 27.3 Å². The van der Waals surface area contributed by atoms with Crippen molar-refractivity contribution < 1.29 is 27.1 Å². The third-order valence-electron chi connectivity index (χ3n) is 5.94. The number of benzene rings is 1. The molecule has 3 N–H and O–H groups in total. The summed E-state index contributed by atoms with van der Waals surface area (Å²) in [6.45, 7) is 1.68. The number of hydrogen-bond donors (Lipinski definition) is 3. The number of hydrogen-bond acceptors (Lipinski definition) is 7. The van der Waals surface area contributed by atoms with E-state index in [1.807, 2.05) is 0 Å². The standard InChI is InChI=1S/C21H23FN4O5S/c1-20(12-32(28,29)21(19(23)26-20)7-8-31-11-21)15-9-13(3-5-16(15)22)25-18(27)17-6-4-14(30-2)10-24-17/h3-6,9-10H,7-8,11-12H2,1-2H3,(H2,23,26)(H,25,27)/t20-,21+/m0/s1. The molecule has 1 aromatic heterocycles. The molecule has 3 heterocycles. The van der Waals surface area contributed by atoms with E-state index in [2.05, 4.69) is 15.6 Å². The van der Waals surface area contributed by atoms with E-state index in [9.17, 15) is 17.6 Å². The number of methoxy groups -OCH3 is 1. The van der Waals surface area contributed by atoms with Crippen molar-refractivity contribution in [3.63, 3.8) is 0 Å². The summed E-state index contributed by atoms with van der Waals surface area (Å²) in [6.07, 6.45) is 1.59. The number of amidine groups is 1. The first-order valence-electron chi connectivity index (χ1n) is 9.89. The molecule has 9 nitrogen and oxygen atoms in total. The fraction of sp³-hybridized carbons (Fsp3) is 0.381. The Morgan fingerprint density at radius 1 is 1.34 bits per heavy atom. The lowest BCUT2D eigenvalue weighted by molar-refractivity contribution is 0.102. The number of ether oxygens (including phenoxy) is 2. The molecule has 170 valence electrons. The van der Waals surface area contributed by atoms with Gasteiger partial charge in [-0.2, -0.15) is 0 Å². The predicted molar refractivity (Wildman–Crippen MR) is 115 cm³/mol. The lowest BCUT2D eigenvalue weighted by atomic mass is 9.90. The third-order valence-corrected chi connectivity index (χ3v) is 8.61. The molecule has 0 bridgehead atoms. The van der Waals surface area contributed by atoms with Crippen molar-refractivity contribution in [3.05, 3.63) is 53.6 Å². The summed E-state index contributed by atoms with van der Waals surface area (Å²) in [6, 6.07) is 6.97. The van der Waals surface area contributed by atoms with E-state index in [4.69, 9.17) is 14.9 Å². The van der Waals surface area contributed by atoms with E-state index in [0.29, 0.717) is 5.75 Å². The van der Waals surface area contributed by atoms with Crippen molar-refractivity contribution in [1.29, 1.82) is 5.41 Å². The van der Waals surface area contributed by atoms with Gasteiger partial charge in [0.2, 0.25) is 0 Å².